The maximum Gasteiger partial charge on any atom is 0.261 e. The van der Waals surface area contributed by atoms with Gasteiger partial charge in [-0.3, -0.25) is 10.1 Å². The van der Waals surface area contributed by atoms with Crippen molar-refractivity contribution >= 4 is 29.6 Å². The van der Waals surface area contributed by atoms with E-state index in [4.69, 9.17) is 31.2 Å². The van der Waals surface area contributed by atoms with Crippen LogP contribution in [0.5, 0.6) is 11.6 Å². The summed E-state index contributed by atoms with van der Waals surface area (Å²) in [6.45, 7) is 2.24. The molecule has 3 N–H and O–H groups in total. The maximum absolute atomic E-state index is 12.3. The van der Waals surface area contributed by atoms with Crippen molar-refractivity contribution in [2.45, 2.75) is 64.0 Å². The van der Waals surface area contributed by atoms with Crippen molar-refractivity contribution in [1.29, 1.82) is 5.41 Å². The van der Waals surface area contributed by atoms with Gasteiger partial charge in [-0.15, -0.1) is 5.10 Å². The molecule has 41 heavy (non-hydrogen) atoms. The summed E-state index contributed by atoms with van der Waals surface area (Å²) in [5.41, 5.74) is 2.25. The van der Waals surface area contributed by atoms with Crippen molar-refractivity contribution in [3.8, 4) is 22.8 Å². The van der Waals surface area contributed by atoms with E-state index in [1.807, 2.05) is 29.9 Å². The van der Waals surface area contributed by atoms with Crippen LogP contribution in [0, 0.1) is 5.41 Å². The molecule has 1 aromatic carbocycles. The zero-order valence-corrected chi connectivity index (χ0v) is 23.7. The molecule has 0 unspecified atom stereocenters. The molecule has 0 amide bonds. The predicted molar refractivity (Wildman–Crippen MR) is 154 cm³/mol. The Kier molecular flexibility index (Phi) is 11.5. The van der Waals surface area contributed by atoms with Crippen LogP contribution in [-0.4, -0.2) is 65.0 Å². The Morgan fingerprint density at radius 1 is 1.15 bits per heavy atom. The Bertz CT molecular complexity index is 1240. The molecule has 1 aliphatic rings. The Morgan fingerprint density at radius 3 is 2.66 bits per heavy atom. The van der Waals surface area contributed by atoms with Crippen LogP contribution < -0.4 is 20.1 Å². The first-order chi connectivity index (χ1) is 19.9. The molecular weight excluding hydrogens is 556 g/mol. The predicted octanol–water partition coefficient (Wildman–Crippen LogP) is 6.26. The van der Waals surface area contributed by atoms with Crippen LogP contribution >= 0.6 is 11.6 Å². The normalized spacial score (nSPS) is 14.6. The molecule has 2 heterocycles. The van der Waals surface area contributed by atoms with Crippen LogP contribution in [0.25, 0.3) is 11.1 Å². The van der Waals surface area contributed by atoms with Gasteiger partial charge in [0.1, 0.15) is 24.1 Å². The molecule has 10 nitrogen and oxygen atoms in total. The van der Waals surface area contributed by atoms with Gasteiger partial charge in [-0.05, 0) is 37.5 Å². The molecule has 1 aliphatic carbocycles. The SMILES string of the molecule is C[C@@H](CNC=N)Oc1cc(-c2cnc(Nc3cn(C4CCCCC4)nc3OCCCOCC(F)F)nc2)ccc1Cl. The van der Waals surface area contributed by atoms with E-state index < -0.39 is 13.0 Å². The smallest absolute Gasteiger partial charge is 0.261 e. The second kappa shape index (κ2) is 15.5. The van der Waals surface area contributed by atoms with Gasteiger partial charge in [-0.25, -0.2) is 18.7 Å². The lowest BCUT2D eigenvalue weighted by Crippen LogP contribution is -2.27. The number of aromatic nitrogens is 4. The summed E-state index contributed by atoms with van der Waals surface area (Å²) in [4.78, 5) is 8.98. The minimum absolute atomic E-state index is 0.179. The molecule has 0 spiro atoms. The average molecular weight is 592 g/mol. The lowest BCUT2D eigenvalue weighted by Gasteiger charge is -2.21. The molecule has 0 bridgehead atoms. The van der Waals surface area contributed by atoms with Crippen LogP contribution in [0.4, 0.5) is 20.4 Å². The zero-order valence-electron chi connectivity index (χ0n) is 23.0. The zero-order chi connectivity index (χ0) is 29.0. The number of rotatable bonds is 16. The number of anilines is 2. The fraction of sp³-hybridized carbons (Fsp3) is 0.500. The van der Waals surface area contributed by atoms with Crippen LogP contribution in [0.1, 0.15) is 51.5 Å². The highest BCUT2D eigenvalue weighted by Crippen LogP contribution is 2.34. The van der Waals surface area contributed by atoms with Crippen LogP contribution in [-0.2, 0) is 4.74 Å². The van der Waals surface area contributed by atoms with Crippen LogP contribution in [0.3, 0.4) is 0 Å². The number of hydrogen-bond donors (Lipinski definition) is 3. The molecule has 222 valence electrons. The van der Waals surface area contributed by atoms with Gasteiger partial charge < -0.3 is 24.8 Å². The van der Waals surface area contributed by atoms with Crippen molar-refractivity contribution in [3.63, 3.8) is 0 Å². The Labute approximate surface area is 243 Å². The van der Waals surface area contributed by atoms with Crippen molar-refractivity contribution in [1.82, 2.24) is 25.1 Å². The standard InChI is InChI=1S/C28H36ClF2N7O3/c1-19(13-33-18-32)41-25-12-20(8-9-23(25)29)21-14-34-28(35-15-21)36-24-16-38(22-6-3-2-4-7-22)37-27(24)40-11-5-10-39-17-26(30)31/h8-9,12,14-16,18-19,22,26H,2-7,10-11,13,17H2,1H3,(H2,32,33)(H,34,35,36)/t19-/m0/s1. The number of ether oxygens (including phenoxy) is 3. The number of nitrogens with one attached hydrogen (secondary N) is 3. The Hall–Kier alpha value is -3.51. The van der Waals surface area contributed by atoms with Gasteiger partial charge in [0.25, 0.3) is 12.3 Å². The summed E-state index contributed by atoms with van der Waals surface area (Å²) in [6.07, 6.45) is 9.88. The number of alkyl halides is 2. The lowest BCUT2D eigenvalue weighted by atomic mass is 9.96. The molecule has 1 fully saturated rings. The summed E-state index contributed by atoms with van der Waals surface area (Å²) in [5.74, 6) is 1.31. The van der Waals surface area contributed by atoms with E-state index in [1.165, 1.54) is 6.42 Å². The number of benzene rings is 1. The third-order valence-electron chi connectivity index (χ3n) is 6.56. The third-order valence-corrected chi connectivity index (χ3v) is 6.87. The van der Waals surface area contributed by atoms with E-state index in [1.54, 1.807) is 18.5 Å². The Balaban J connectivity index is 1.43. The number of halogens is 3. The van der Waals surface area contributed by atoms with E-state index in [-0.39, 0.29) is 19.3 Å². The summed E-state index contributed by atoms with van der Waals surface area (Å²) in [7, 11) is 0. The minimum Gasteiger partial charge on any atom is -0.487 e. The van der Waals surface area contributed by atoms with Gasteiger partial charge >= 0.3 is 0 Å². The summed E-state index contributed by atoms with van der Waals surface area (Å²) >= 11 is 6.34. The topological polar surface area (TPSA) is 119 Å². The van der Waals surface area contributed by atoms with E-state index >= 15 is 0 Å². The molecule has 1 atom stereocenters. The van der Waals surface area contributed by atoms with E-state index in [0.717, 1.165) is 43.1 Å². The first kappa shape index (κ1) is 30.4. The van der Waals surface area contributed by atoms with Crippen LogP contribution in [0.2, 0.25) is 5.02 Å². The molecule has 0 radical (unpaired) electrons. The molecule has 4 rings (SSSR count). The highest BCUT2D eigenvalue weighted by atomic mass is 35.5. The van der Waals surface area contributed by atoms with Gasteiger partial charge in [0.15, 0.2) is 0 Å². The van der Waals surface area contributed by atoms with E-state index in [2.05, 4.69) is 25.7 Å². The van der Waals surface area contributed by atoms with Crippen molar-refractivity contribution < 1.29 is 23.0 Å². The highest BCUT2D eigenvalue weighted by Gasteiger charge is 2.20. The number of nitrogens with zero attached hydrogens (tertiary/aromatic N) is 4. The fourth-order valence-electron chi connectivity index (χ4n) is 4.52. The lowest BCUT2D eigenvalue weighted by molar-refractivity contribution is 0.0137. The molecule has 1 saturated carbocycles. The average Bonchev–Trinajstić information content (AvgIpc) is 3.38. The summed E-state index contributed by atoms with van der Waals surface area (Å²) in [5, 5.41) is 18.3. The van der Waals surface area contributed by atoms with E-state index in [9.17, 15) is 8.78 Å². The van der Waals surface area contributed by atoms with Gasteiger partial charge in [0.2, 0.25) is 5.95 Å². The second-order valence-corrected chi connectivity index (χ2v) is 10.2. The summed E-state index contributed by atoms with van der Waals surface area (Å²) < 4.78 is 43.3. The fourth-order valence-corrected chi connectivity index (χ4v) is 4.68. The van der Waals surface area contributed by atoms with Crippen LogP contribution in [0.15, 0.2) is 36.8 Å². The highest BCUT2D eigenvalue weighted by molar-refractivity contribution is 6.32. The molecular formula is C28H36ClF2N7O3. The maximum atomic E-state index is 12.3. The second-order valence-electron chi connectivity index (χ2n) is 9.83. The van der Waals surface area contributed by atoms with Gasteiger partial charge in [0.05, 0.1) is 43.4 Å². The number of hydrogen-bond acceptors (Lipinski definition) is 8. The van der Waals surface area contributed by atoms with Gasteiger partial charge in [0, 0.05) is 24.4 Å². The first-order valence-corrected chi connectivity index (χ1v) is 14.2. The molecule has 13 heteroatoms. The molecule has 0 saturated heterocycles. The molecule has 3 aromatic rings. The van der Waals surface area contributed by atoms with Crippen molar-refractivity contribution in [2.75, 3.05) is 31.7 Å². The molecule has 0 aliphatic heterocycles. The van der Waals surface area contributed by atoms with Crippen molar-refractivity contribution in [2.24, 2.45) is 0 Å². The monoisotopic (exact) mass is 591 g/mol. The van der Waals surface area contributed by atoms with Gasteiger partial charge in [-0.1, -0.05) is 36.9 Å². The van der Waals surface area contributed by atoms with E-state index in [0.29, 0.717) is 47.3 Å². The van der Waals surface area contributed by atoms with Gasteiger partial charge in [-0.2, -0.15) is 0 Å². The Morgan fingerprint density at radius 2 is 1.93 bits per heavy atom. The third kappa shape index (κ3) is 9.25. The summed E-state index contributed by atoms with van der Waals surface area (Å²) in [6, 6.07) is 5.76. The van der Waals surface area contributed by atoms with Crippen molar-refractivity contribution in [3.05, 3.63) is 41.8 Å². The quantitative estimate of drug-likeness (QED) is 0.101. The largest absolute Gasteiger partial charge is 0.487 e. The molecule has 2 aromatic heterocycles. The first-order valence-electron chi connectivity index (χ1n) is 13.8. The minimum atomic E-state index is -2.48.